The normalized spacial score (nSPS) is 11.3. The monoisotopic (exact) mass is 288 g/mol. The van der Waals surface area contributed by atoms with Gasteiger partial charge in [0, 0.05) is 10.6 Å². The first-order valence-electron chi connectivity index (χ1n) is 5.91. The van der Waals surface area contributed by atoms with Crippen molar-refractivity contribution in [1.29, 1.82) is 0 Å². The predicted molar refractivity (Wildman–Crippen MR) is 78.7 cm³/mol. The lowest BCUT2D eigenvalue weighted by Gasteiger charge is -1.97. The molecule has 20 heavy (non-hydrogen) atoms. The zero-order valence-corrected chi connectivity index (χ0v) is 11.0. The summed E-state index contributed by atoms with van der Waals surface area (Å²) in [6, 6.07) is 11.9. The molecule has 0 saturated heterocycles. The van der Waals surface area contributed by atoms with Crippen LogP contribution in [0.3, 0.4) is 0 Å². The molecule has 0 bridgehead atoms. The number of hydrazone groups is 1. The number of anilines is 1. The van der Waals surface area contributed by atoms with Gasteiger partial charge >= 0.3 is 0 Å². The van der Waals surface area contributed by atoms with Gasteiger partial charge in [0.1, 0.15) is 5.82 Å². The Kier molecular flexibility index (Phi) is 3.35. The van der Waals surface area contributed by atoms with Gasteiger partial charge in [-0.15, -0.1) is 0 Å². The van der Waals surface area contributed by atoms with Gasteiger partial charge in [-0.25, -0.2) is 14.8 Å². The highest BCUT2D eigenvalue weighted by Gasteiger charge is 2.01. The van der Waals surface area contributed by atoms with E-state index in [2.05, 4.69) is 20.5 Å². The van der Waals surface area contributed by atoms with E-state index in [9.17, 15) is 4.39 Å². The maximum absolute atomic E-state index is 13.5. The molecule has 0 fully saturated rings. The SMILES string of the molecule is Fc1ccc(Cl)cc1C=NNc1nc2ccccc2[nH]1. The number of fused-ring (bicyclic) bond motifs is 1. The molecule has 4 nitrogen and oxygen atoms in total. The number of hydrogen-bond acceptors (Lipinski definition) is 3. The largest absolute Gasteiger partial charge is 0.323 e. The Morgan fingerprint density at radius 3 is 2.95 bits per heavy atom. The average molecular weight is 289 g/mol. The number of imidazole rings is 1. The van der Waals surface area contributed by atoms with Crippen LogP contribution in [0.5, 0.6) is 0 Å². The Hall–Kier alpha value is -2.40. The van der Waals surface area contributed by atoms with Crippen molar-refractivity contribution >= 4 is 34.8 Å². The minimum absolute atomic E-state index is 0.307. The summed E-state index contributed by atoms with van der Waals surface area (Å²) < 4.78 is 13.5. The third-order valence-corrected chi connectivity index (χ3v) is 2.96. The molecule has 100 valence electrons. The molecule has 0 aliphatic heterocycles. The number of para-hydroxylation sites is 2. The Morgan fingerprint density at radius 2 is 2.10 bits per heavy atom. The minimum Gasteiger partial charge on any atom is -0.323 e. The number of aromatic amines is 1. The van der Waals surface area contributed by atoms with Crippen molar-refractivity contribution in [2.75, 3.05) is 5.43 Å². The number of nitrogens with zero attached hydrogens (tertiary/aromatic N) is 2. The zero-order chi connectivity index (χ0) is 13.9. The number of nitrogens with one attached hydrogen (secondary N) is 2. The molecule has 0 spiro atoms. The fraction of sp³-hybridized carbons (Fsp3) is 0. The van der Waals surface area contributed by atoms with Crippen LogP contribution < -0.4 is 5.43 Å². The van der Waals surface area contributed by atoms with Crippen LogP contribution in [0.4, 0.5) is 10.3 Å². The summed E-state index contributed by atoms with van der Waals surface area (Å²) in [5.41, 5.74) is 4.76. The van der Waals surface area contributed by atoms with E-state index < -0.39 is 0 Å². The predicted octanol–water partition coefficient (Wildman–Crippen LogP) is 3.80. The lowest BCUT2D eigenvalue weighted by molar-refractivity contribution is 0.626. The maximum Gasteiger partial charge on any atom is 0.222 e. The highest BCUT2D eigenvalue weighted by Crippen LogP contribution is 2.14. The van der Waals surface area contributed by atoms with Crippen molar-refractivity contribution in [3.05, 3.63) is 58.9 Å². The number of halogens is 2. The fourth-order valence-electron chi connectivity index (χ4n) is 1.78. The molecule has 0 radical (unpaired) electrons. The molecule has 0 amide bonds. The van der Waals surface area contributed by atoms with E-state index in [0.29, 0.717) is 16.5 Å². The first-order chi connectivity index (χ1) is 9.72. The van der Waals surface area contributed by atoms with Gasteiger partial charge in [-0.1, -0.05) is 23.7 Å². The van der Waals surface area contributed by atoms with Crippen molar-refractivity contribution in [3.8, 4) is 0 Å². The fourth-order valence-corrected chi connectivity index (χ4v) is 1.96. The average Bonchev–Trinajstić information content (AvgIpc) is 2.85. The Labute approximate surface area is 119 Å². The molecule has 0 saturated carbocycles. The summed E-state index contributed by atoms with van der Waals surface area (Å²) in [5, 5.41) is 4.40. The molecular weight excluding hydrogens is 279 g/mol. The molecule has 0 aliphatic carbocycles. The van der Waals surface area contributed by atoms with E-state index in [1.807, 2.05) is 24.3 Å². The van der Waals surface area contributed by atoms with Crippen LogP contribution in [0.2, 0.25) is 5.02 Å². The van der Waals surface area contributed by atoms with E-state index in [-0.39, 0.29) is 5.82 Å². The molecule has 2 N–H and O–H groups in total. The zero-order valence-electron chi connectivity index (χ0n) is 10.3. The number of rotatable bonds is 3. The van der Waals surface area contributed by atoms with E-state index in [4.69, 9.17) is 11.6 Å². The first kappa shape index (κ1) is 12.6. The van der Waals surface area contributed by atoms with Gasteiger partial charge in [-0.05, 0) is 30.3 Å². The van der Waals surface area contributed by atoms with E-state index in [1.54, 1.807) is 0 Å². The molecule has 3 rings (SSSR count). The van der Waals surface area contributed by atoms with Gasteiger partial charge in [0.25, 0.3) is 0 Å². The Balaban J connectivity index is 1.78. The third kappa shape index (κ3) is 2.62. The summed E-state index contributed by atoms with van der Waals surface area (Å²) in [7, 11) is 0. The number of benzene rings is 2. The first-order valence-corrected chi connectivity index (χ1v) is 6.29. The van der Waals surface area contributed by atoms with Crippen molar-refractivity contribution in [2.45, 2.75) is 0 Å². The number of H-pyrrole nitrogens is 1. The molecular formula is C14H10ClFN4. The van der Waals surface area contributed by atoms with Crippen LogP contribution in [0.1, 0.15) is 5.56 Å². The topological polar surface area (TPSA) is 53.1 Å². The summed E-state index contributed by atoms with van der Waals surface area (Å²) >= 11 is 5.80. The third-order valence-electron chi connectivity index (χ3n) is 2.72. The van der Waals surface area contributed by atoms with Gasteiger partial charge in [-0.2, -0.15) is 5.10 Å². The number of hydrogen-bond donors (Lipinski definition) is 2. The highest BCUT2D eigenvalue weighted by molar-refractivity contribution is 6.30. The highest BCUT2D eigenvalue weighted by atomic mass is 35.5. The van der Waals surface area contributed by atoms with Crippen molar-refractivity contribution in [1.82, 2.24) is 9.97 Å². The van der Waals surface area contributed by atoms with Crippen LogP contribution in [-0.4, -0.2) is 16.2 Å². The number of aromatic nitrogens is 2. The second-order valence-corrected chi connectivity index (χ2v) is 4.57. The second kappa shape index (κ2) is 5.30. The summed E-state index contributed by atoms with van der Waals surface area (Å²) in [6.45, 7) is 0. The van der Waals surface area contributed by atoms with Gasteiger partial charge in [-0.3, -0.25) is 0 Å². The smallest absolute Gasteiger partial charge is 0.222 e. The van der Waals surface area contributed by atoms with Gasteiger partial charge in [0.15, 0.2) is 0 Å². The van der Waals surface area contributed by atoms with Gasteiger partial charge < -0.3 is 4.98 Å². The van der Waals surface area contributed by atoms with Crippen LogP contribution >= 0.6 is 11.6 Å². The lowest BCUT2D eigenvalue weighted by atomic mass is 10.2. The van der Waals surface area contributed by atoms with Crippen LogP contribution in [0, 0.1) is 5.82 Å². The van der Waals surface area contributed by atoms with Crippen LogP contribution in [-0.2, 0) is 0 Å². The molecule has 6 heteroatoms. The summed E-state index contributed by atoms with van der Waals surface area (Å²) in [5.74, 6) is 0.106. The molecule has 0 atom stereocenters. The van der Waals surface area contributed by atoms with Crippen molar-refractivity contribution in [2.24, 2.45) is 5.10 Å². The lowest BCUT2D eigenvalue weighted by Crippen LogP contribution is -1.94. The minimum atomic E-state index is -0.385. The molecule has 1 heterocycles. The Bertz CT molecular complexity index is 749. The molecule has 0 aliphatic rings. The molecule has 0 unspecified atom stereocenters. The molecule has 1 aromatic heterocycles. The quantitative estimate of drug-likeness (QED) is 0.569. The van der Waals surface area contributed by atoms with Gasteiger partial charge in [0.2, 0.25) is 5.95 Å². The van der Waals surface area contributed by atoms with Crippen molar-refractivity contribution < 1.29 is 4.39 Å². The maximum atomic E-state index is 13.5. The molecule has 3 aromatic rings. The standard InChI is InChI=1S/C14H10ClFN4/c15-10-5-6-11(16)9(7-10)8-17-20-14-18-12-3-1-2-4-13(12)19-14/h1-8H,(H2,18,19,20). The van der Waals surface area contributed by atoms with Crippen LogP contribution in [0.25, 0.3) is 11.0 Å². The van der Waals surface area contributed by atoms with E-state index >= 15 is 0 Å². The summed E-state index contributed by atoms with van der Waals surface area (Å²) in [4.78, 5) is 7.34. The molecule has 2 aromatic carbocycles. The Morgan fingerprint density at radius 1 is 1.25 bits per heavy atom. The van der Waals surface area contributed by atoms with Crippen molar-refractivity contribution in [3.63, 3.8) is 0 Å². The van der Waals surface area contributed by atoms with Crippen LogP contribution in [0.15, 0.2) is 47.6 Å². The van der Waals surface area contributed by atoms with E-state index in [0.717, 1.165) is 11.0 Å². The summed E-state index contributed by atoms with van der Waals surface area (Å²) in [6.07, 6.45) is 1.36. The van der Waals surface area contributed by atoms with Gasteiger partial charge in [0.05, 0.1) is 17.2 Å². The van der Waals surface area contributed by atoms with E-state index in [1.165, 1.54) is 24.4 Å². The second-order valence-electron chi connectivity index (χ2n) is 4.14.